The van der Waals surface area contributed by atoms with Gasteiger partial charge >= 0.3 is 5.97 Å². The zero-order valence-corrected chi connectivity index (χ0v) is 10.6. The molecule has 3 unspecified atom stereocenters. The molecule has 0 heterocycles. The van der Waals surface area contributed by atoms with Gasteiger partial charge in [-0.25, -0.2) is 0 Å². The summed E-state index contributed by atoms with van der Waals surface area (Å²) in [6.07, 6.45) is 3.09. The Hall–Kier alpha value is -0.650. The van der Waals surface area contributed by atoms with Crippen LogP contribution >= 0.6 is 0 Å². The van der Waals surface area contributed by atoms with E-state index in [0.717, 1.165) is 12.8 Å². The van der Waals surface area contributed by atoms with Gasteiger partial charge in [0.2, 0.25) is 0 Å². The molecule has 5 nitrogen and oxygen atoms in total. The predicted octanol–water partition coefficient (Wildman–Crippen LogP) is 1.01. The summed E-state index contributed by atoms with van der Waals surface area (Å²) in [5.41, 5.74) is 4.89. The number of carbonyl (C=O) groups is 1. The molecule has 0 radical (unpaired) electrons. The van der Waals surface area contributed by atoms with Gasteiger partial charge in [0, 0.05) is 13.7 Å². The molecule has 1 aliphatic rings. The van der Waals surface area contributed by atoms with Crippen LogP contribution in [0.25, 0.3) is 0 Å². The van der Waals surface area contributed by atoms with Crippen LogP contribution in [0.15, 0.2) is 0 Å². The average Bonchev–Trinajstić information content (AvgIpc) is 2.62. The molecule has 0 aromatic carbocycles. The maximum Gasteiger partial charge on any atom is 0.323 e. The monoisotopic (exact) mass is 245 g/mol. The first-order valence-electron chi connectivity index (χ1n) is 6.13. The van der Waals surface area contributed by atoms with Gasteiger partial charge in [0.25, 0.3) is 0 Å². The quantitative estimate of drug-likeness (QED) is 0.699. The zero-order valence-electron chi connectivity index (χ0n) is 10.6. The van der Waals surface area contributed by atoms with Crippen LogP contribution in [-0.2, 0) is 14.3 Å². The van der Waals surface area contributed by atoms with Crippen molar-refractivity contribution in [3.8, 4) is 0 Å². The van der Waals surface area contributed by atoms with Gasteiger partial charge in [0.15, 0.2) is 0 Å². The molecule has 0 spiro atoms. The van der Waals surface area contributed by atoms with Gasteiger partial charge < -0.3 is 20.3 Å². The van der Waals surface area contributed by atoms with Crippen molar-refractivity contribution in [1.82, 2.24) is 0 Å². The fourth-order valence-electron chi connectivity index (χ4n) is 2.48. The lowest BCUT2D eigenvalue weighted by Gasteiger charge is -2.27. The Morgan fingerprint density at radius 2 is 2.35 bits per heavy atom. The highest BCUT2D eigenvalue weighted by molar-refractivity contribution is 5.79. The van der Waals surface area contributed by atoms with Crippen LogP contribution in [0, 0.1) is 5.92 Å². The van der Waals surface area contributed by atoms with Crippen LogP contribution in [0.3, 0.4) is 0 Å². The summed E-state index contributed by atoms with van der Waals surface area (Å²) in [5, 5.41) is 9.15. The minimum Gasteiger partial charge on any atom is -0.480 e. The lowest BCUT2D eigenvalue weighted by atomic mass is 9.86. The van der Waals surface area contributed by atoms with Crippen molar-refractivity contribution in [1.29, 1.82) is 0 Å². The first-order chi connectivity index (χ1) is 8.00. The van der Waals surface area contributed by atoms with Crippen molar-refractivity contribution in [2.45, 2.75) is 44.2 Å². The molecule has 0 bridgehead atoms. The van der Waals surface area contributed by atoms with Gasteiger partial charge in [-0.05, 0) is 32.1 Å². The second-order valence-corrected chi connectivity index (χ2v) is 4.86. The molecule has 0 saturated heterocycles. The highest BCUT2D eigenvalue weighted by atomic mass is 16.5. The molecule has 3 N–H and O–H groups in total. The standard InChI is InChI=1S/C12H23NO4/c1-9(8-16-2)17-7-5-10-4-3-6-12(10,13)11(14)15/h9-10H,3-8,13H2,1-2H3,(H,14,15). The first-order valence-corrected chi connectivity index (χ1v) is 6.13. The highest BCUT2D eigenvalue weighted by Gasteiger charge is 2.45. The molecule has 0 aromatic rings. The second kappa shape index (κ2) is 6.33. The summed E-state index contributed by atoms with van der Waals surface area (Å²) in [6.45, 7) is 3.03. The topological polar surface area (TPSA) is 81.8 Å². The lowest BCUT2D eigenvalue weighted by Crippen LogP contribution is -2.51. The Morgan fingerprint density at radius 1 is 1.65 bits per heavy atom. The Kier molecular flexibility index (Phi) is 5.36. The Morgan fingerprint density at radius 3 is 2.94 bits per heavy atom. The summed E-state index contributed by atoms with van der Waals surface area (Å²) in [6, 6.07) is 0. The number of carboxylic acids is 1. The normalized spacial score (nSPS) is 30.4. The summed E-state index contributed by atoms with van der Waals surface area (Å²) >= 11 is 0. The van der Waals surface area contributed by atoms with Crippen LogP contribution in [0.2, 0.25) is 0 Å². The molecule has 17 heavy (non-hydrogen) atoms. The summed E-state index contributed by atoms with van der Waals surface area (Å²) in [5.74, 6) is -0.861. The number of hydrogen-bond acceptors (Lipinski definition) is 4. The Labute approximate surface area is 102 Å². The molecule has 1 saturated carbocycles. The number of hydrogen-bond donors (Lipinski definition) is 2. The SMILES string of the molecule is COCC(C)OCCC1CCCC1(N)C(=O)O. The van der Waals surface area contributed by atoms with Crippen molar-refractivity contribution < 1.29 is 19.4 Å². The van der Waals surface area contributed by atoms with Gasteiger partial charge in [0.1, 0.15) is 5.54 Å². The van der Waals surface area contributed by atoms with E-state index in [2.05, 4.69) is 0 Å². The lowest BCUT2D eigenvalue weighted by molar-refractivity contribution is -0.145. The van der Waals surface area contributed by atoms with E-state index in [4.69, 9.17) is 20.3 Å². The van der Waals surface area contributed by atoms with Crippen molar-refractivity contribution in [2.75, 3.05) is 20.3 Å². The predicted molar refractivity (Wildman–Crippen MR) is 63.8 cm³/mol. The molecule has 1 rings (SSSR count). The van der Waals surface area contributed by atoms with E-state index in [-0.39, 0.29) is 12.0 Å². The van der Waals surface area contributed by atoms with E-state index in [1.807, 2.05) is 6.92 Å². The van der Waals surface area contributed by atoms with Crippen molar-refractivity contribution >= 4 is 5.97 Å². The zero-order chi connectivity index (χ0) is 12.9. The smallest absolute Gasteiger partial charge is 0.323 e. The van der Waals surface area contributed by atoms with Gasteiger partial charge in [-0.3, -0.25) is 4.79 Å². The maximum atomic E-state index is 11.1. The second-order valence-electron chi connectivity index (χ2n) is 4.86. The Balaban J connectivity index is 2.34. The molecule has 0 amide bonds. The number of carboxylic acid groups (broad SMARTS) is 1. The minimum absolute atomic E-state index is 0.0229. The van der Waals surface area contributed by atoms with E-state index >= 15 is 0 Å². The fourth-order valence-corrected chi connectivity index (χ4v) is 2.48. The maximum absolute atomic E-state index is 11.1. The third-order valence-electron chi connectivity index (χ3n) is 3.54. The molecule has 1 aliphatic carbocycles. The van der Waals surface area contributed by atoms with Gasteiger partial charge in [-0.1, -0.05) is 6.42 Å². The van der Waals surface area contributed by atoms with E-state index < -0.39 is 11.5 Å². The van der Waals surface area contributed by atoms with Crippen LogP contribution in [0.4, 0.5) is 0 Å². The molecule has 100 valence electrons. The molecule has 1 fully saturated rings. The average molecular weight is 245 g/mol. The molecule has 0 aliphatic heterocycles. The number of nitrogens with two attached hydrogens (primary N) is 1. The first kappa shape index (κ1) is 14.4. The molecule has 0 aromatic heterocycles. The van der Waals surface area contributed by atoms with Crippen LogP contribution in [0.1, 0.15) is 32.6 Å². The van der Waals surface area contributed by atoms with Crippen molar-refractivity contribution in [3.05, 3.63) is 0 Å². The van der Waals surface area contributed by atoms with Gasteiger partial charge in [0.05, 0.1) is 12.7 Å². The third-order valence-corrected chi connectivity index (χ3v) is 3.54. The van der Waals surface area contributed by atoms with Gasteiger partial charge in [-0.2, -0.15) is 0 Å². The fraction of sp³-hybridized carbons (Fsp3) is 0.917. The molecule has 5 heteroatoms. The Bertz CT molecular complexity index is 259. The summed E-state index contributed by atoms with van der Waals surface area (Å²) < 4.78 is 10.5. The van der Waals surface area contributed by atoms with E-state index in [1.165, 1.54) is 0 Å². The number of aliphatic carboxylic acids is 1. The highest BCUT2D eigenvalue weighted by Crippen LogP contribution is 2.36. The largest absolute Gasteiger partial charge is 0.480 e. The summed E-state index contributed by atoms with van der Waals surface area (Å²) in [4.78, 5) is 11.1. The minimum atomic E-state index is -1.05. The third kappa shape index (κ3) is 3.66. The van der Waals surface area contributed by atoms with Gasteiger partial charge in [-0.15, -0.1) is 0 Å². The summed E-state index contributed by atoms with van der Waals surface area (Å²) in [7, 11) is 1.63. The van der Waals surface area contributed by atoms with Crippen LogP contribution < -0.4 is 5.73 Å². The number of rotatable bonds is 7. The number of ether oxygens (including phenoxy) is 2. The van der Waals surface area contributed by atoms with Crippen LogP contribution in [-0.4, -0.2) is 43.0 Å². The van der Waals surface area contributed by atoms with Crippen molar-refractivity contribution in [2.24, 2.45) is 11.7 Å². The van der Waals surface area contributed by atoms with Crippen LogP contribution in [0.5, 0.6) is 0 Å². The van der Waals surface area contributed by atoms with E-state index in [9.17, 15) is 4.79 Å². The molecule has 3 atom stereocenters. The molecular formula is C12H23NO4. The number of methoxy groups -OCH3 is 1. The molecular weight excluding hydrogens is 222 g/mol. The van der Waals surface area contributed by atoms with E-state index in [1.54, 1.807) is 7.11 Å². The van der Waals surface area contributed by atoms with E-state index in [0.29, 0.717) is 26.1 Å². The van der Waals surface area contributed by atoms with Crippen molar-refractivity contribution in [3.63, 3.8) is 0 Å².